The number of benzene rings is 2. The van der Waals surface area contributed by atoms with Crippen LogP contribution >= 0.6 is 0 Å². The van der Waals surface area contributed by atoms with Crippen molar-refractivity contribution in [3.63, 3.8) is 0 Å². The molecule has 2 aromatic carbocycles. The molecule has 0 amide bonds. The minimum atomic E-state index is -3.63. The van der Waals surface area contributed by atoms with Crippen LogP contribution in [-0.2, 0) is 10.0 Å². The number of carbonyl (C=O) groups excluding carboxylic acids is 1. The first kappa shape index (κ1) is 19.4. The van der Waals surface area contributed by atoms with Crippen molar-refractivity contribution >= 4 is 16.0 Å². The average molecular weight is 389 g/mol. The van der Waals surface area contributed by atoms with Crippen LogP contribution in [0.15, 0.2) is 47.4 Å². The van der Waals surface area contributed by atoms with Crippen molar-refractivity contribution in [2.45, 2.75) is 31.1 Å². The predicted octanol–water partition coefficient (Wildman–Crippen LogP) is 3.40. The van der Waals surface area contributed by atoms with Crippen molar-refractivity contribution in [2.24, 2.45) is 0 Å². The number of methoxy groups -OCH3 is 1. The molecule has 1 aliphatic heterocycles. The quantitative estimate of drug-likeness (QED) is 0.579. The molecular formula is C20H23NO5S. The van der Waals surface area contributed by atoms with E-state index in [9.17, 15) is 13.2 Å². The summed E-state index contributed by atoms with van der Waals surface area (Å²) in [6.07, 6.45) is 2.75. The van der Waals surface area contributed by atoms with Crippen LogP contribution in [-0.4, -0.2) is 38.9 Å². The van der Waals surface area contributed by atoms with Crippen molar-refractivity contribution in [3.8, 4) is 11.5 Å². The van der Waals surface area contributed by atoms with Crippen LogP contribution in [0.4, 0.5) is 0 Å². The van der Waals surface area contributed by atoms with Crippen LogP contribution in [0, 0.1) is 6.92 Å². The Balaban J connectivity index is 1.89. The van der Waals surface area contributed by atoms with Gasteiger partial charge < -0.3 is 9.47 Å². The van der Waals surface area contributed by atoms with Crippen LogP contribution in [0.3, 0.4) is 0 Å². The third-order valence-corrected chi connectivity index (χ3v) is 6.67. The van der Waals surface area contributed by atoms with E-state index in [0.29, 0.717) is 24.4 Å². The van der Waals surface area contributed by atoms with E-state index < -0.39 is 16.0 Å². The highest BCUT2D eigenvalue weighted by molar-refractivity contribution is 7.89. The molecule has 0 radical (unpaired) electrons. The van der Waals surface area contributed by atoms with Crippen LogP contribution < -0.4 is 9.47 Å². The van der Waals surface area contributed by atoms with Gasteiger partial charge in [-0.1, -0.05) is 24.6 Å². The normalized spacial score (nSPS) is 15.3. The zero-order valence-electron chi connectivity index (χ0n) is 15.5. The summed E-state index contributed by atoms with van der Waals surface area (Å²) in [5.74, 6) is 0.0831. The Hall–Kier alpha value is -2.38. The molecule has 1 fully saturated rings. The first-order valence-corrected chi connectivity index (χ1v) is 10.3. The predicted molar refractivity (Wildman–Crippen MR) is 102 cm³/mol. The number of rotatable bonds is 5. The first-order valence-electron chi connectivity index (χ1n) is 8.89. The summed E-state index contributed by atoms with van der Waals surface area (Å²) in [7, 11) is -2.15. The van der Waals surface area contributed by atoms with Gasteiger partial charge in [-0.05, 0) is 49.6 Å². The highest BCUT2D eigenvalue weighted by Crippen LogP contribution is 2.28. The minimum Gasteiger partial charge on any atom is -0.493 e. The molecule has 0 atom stereocenters. The summed E-state index contributed by atoms with van der Waals surface area (Å²) in [5, 5.41) is 0. The van der Waals surface area contributed by atoms with Crippen LogP contribution in [0.5, 0.6) is 11.5 Å². The van der Waals surface area contributed by atoms with E-state index in [-0.39, 0.29) is 16.2 Å². The topological polar surface area (TPSA) is 72.9 Å². The summed E-state index contributed by atoms with van der Waals surface area (Å²) >= 11 is 0. The fourth-order valence-electron chi connectivity index (χ4n) is 3.11. The number of hydrogen-bond donors (Lipinski definition) is 0. The second kappa shape index (κ2) is 8.10. The third kappa shape index (κ3) is 4.14. The van der Waals surface area contributed by atoms with E-state index in [4.69, 9.17) is 9.47 Å². The second-order valence-corrected chi connectivity index (χ2v) is 8.39. The Kier molecular flexibility index (Phi) is 5.82. The molecule has 2 aromatic rings. The Bertz CT molecular complexity index is 933. The number of sulfonamides is 1. The molecule has 0 spiro atoms. The molecule has 0 bridgehead atoms. The van der Waals surface area contributed by atoms with Crippen molar-refractivity contribution < 1.29 is 22.7 Å². The summed E-state index contributed by atoms with van der Waals surface area (Å²) in [6, 6.07) is 11.4. The highest BCUT2D eigenvalue weighted by atomic mass is 32.2. The monoisotopic (exact) mass is 389 g/mol. The number of hydrogen-bond acceptors (Lipinski definition) is 5. The van der Waals surface area contributed by atoms with Crippen molar-refractivity contribution in [1.29, 1.82) is 0 Å². The fourth-order valence-corrected chi connectivity index (χ4v) is 4.88. The molecule has 0 N–H and O–H groups in total. The number of carbonyl (C=O) groups is 1. The molecule has 1 heterocycles. The first-order chi connectivity index (χ1) is 12.9. The standard InChI is InChI=1S/C20H23NO5S/c1-15-10-11-16(20(22)26-18-9-5-4-8-17(18)25-2)14-19(15)27(23,24)21-12-6-3-7-13-21/h4-5,8-11,14H,3,6-7,12-13H2,1-2H3. The van der Waals surface area contributed by atoms with Gasteiger partial charge in [0.25, 0.3) is 0 Å². The van der Waals surface area contributed by atoms with Gasteiger partial charge in [-0.3, -0.25) is 0 Å². The maximum atomic E-state index is 13.0. The van der Waals surface area contributed by atoms with E-state index in [1.165, 1.54) is 17.5 Å². The van der Waals surface area contributed by atoms with Gasteiger partial charge >= 0.3 is 5.97 Å². The lowest BCUT2D eigenvalue weighted by molar-refractivity contribution is 0.0729. The van der Waals surface area contributed by atoms with E-state index in [0.717, 1.165) is 19.3 Å². The van der Waals surface area contributed by atoms with Gasteiger partial charge in [-0.15, -0.1) is 0 Å². The number of esters is 1. The highest BCUT2D eigenvalue weighted by Gasteiger charge is 2.28. The lowest BCUT2D eigenvalue weighted by Gasteiger charge is -2.26. The van der Waals surface area contributed by atoms with Crippen LogP contribution in [0.25, 0.3) is 0 Å². The van der Waals surface area contributed by atoms with Crippen LogP contribution in [0.1, 0.15) is 35.2 Å². The maximum Gasteiger partial charge on any atom is 0.343 e. The third-order valence-electron chi connectivity index (χ3n) is 4.63. The van der Waals surface area contributed by atoms with Gasteiger partial charge in [0.15, 0.2) is 11.5 Å². The zero-order chi connectivity index (χ0) is 19.4. The SMILES string of the molecule is COc1ccccc1OC(=O)c1ccc(C)c(S(=O)(=O)N2CCCCC2)c1. The van der Waals surface area contributed by atoms with Crippen molar-refractivity contribution in [1.82, 2.24) is 4.31 Å². The average Bonchev–Trinajstić information content (AvgIpc) is 2.69. The lowest BCUT2D eigenvalue weighted by Crippen LogP contribution is -2.36. The summed E-state index contributed by atoms with van der Waals surface area (Å²) in [4.78, 5) is 12.7. The Morgan fingerprint density at radius 2 is 1.67 bits per heavy atom. The summed E-state index contributed by atoms with van der Waals surface area (Å²) in [6.45, 7) is 2.75. The van der Waals surface area contributed by atoms with Gasteiger partial charge in [-0.2, -0.15) is 4.31 Å². The second-order valence-electron chi connectivity index (χ2n) is 6.49. The summed E-state index contributed by atoms with van der Waals surface area (Å²) < 4.78 is 38.1. The zero-order valence-corrected chi connectivity index (χ0v) is 16.3. The summed E-state index contributed by atoms with van der Waals surface area (Å²) in [5.41, 5.74) is 0.788. The molecule has 0 saturated carbocycles. The number of ether oxygens (including phenoxy) is 2. The molecule has 1 aliphatic rings. The lowest BCUT2D eigenvalue weighted by atomic mass is 10.1. The smallest absolute Gasteiger partial charge is 0.343 e. The van der Waals surface area contributed by atoms with E-state index in [1.54, 1.807) is 43.3 Å². The molecule has 1 saturated heterocycles. The maximum absolute atomic E-state index is 13.0. The Morgan fingerprint density at radius 1 is 1.00 bits per heavy atom. The number of aryl methyl sites for hydroxylation is 1. The molecule has 0 unspecified atom stereocenters. The van der Waals surface area contributed by atoms with Gasteiger partial charge in [0.1, 0.15) is 0 Å². The van der Waals surface area contributed by atoms with E-state index >= 15 is 0 Å². The van der Waals surface area contributed by atoms with Crippen molar-refractivity contribution in [2.75, 3.05) is 20.2 Å². The van der Waals surface area contributed by atoms with Gasteiger partial charge in [-0.25, -0.2) is 13.2 Å². The Morgan fingerprint density at radius 3 is 2.33 bits per heavy atom. The number of para-hydroxylation sites is 2. The molecule has 0 aliphatic carbocycles. The Labute approximate surface area is 159 Å². The molecule has 7 heteroatoms. The van der Waals surface area contributed by atoms with Gasteiger partial charge in [0.05, 0.1) is 17.6 Å². The van der Waals surface area contributed by atoms with Crippen LogP contribution in [0.2, 0.25) is 0 Å². The van der Waals surface area contributed by atoms with E-state index in [1.807, 2.05) is 0 Å². The number of nitrogens with zero attached hydrogens (tertiary/aromatic N) is 1. The van der Waals surface area contributed by atoms with E-state index in [2.05, 4.69) is 0 Å². The van der Waals surface area contributed by atoms with Gasteiger partial charge in [0, 0.05) is 13.1 Å². The molecule has 0 aromatic heterocycles. The minimum absolute atomic E-state index is 0.152. The molecule has 6 nitrogen and oxygen atoms in total. The molecule has 27 heavy (non-hydrogen) atoms. The molecule has 3 rings (SSSR count). The number of piperidine rings is 1. The van der Waals surface area contributed by atoms with Gasteiger partial charge in [0.2, 0.25) is 10.0 Å². The molecule has 144 valence electrons. The fraction of sp³-hybridized carbons (Fsp3) is 0.350. The van der Waals surface area contributed by atoms with Crippen molar-refractivity contribution in [3.05, 3.63) is 53.6 Å². The largest absolute Gasteiger partial charge is 0.493 e. The molecular weight excluding hydrogens is 366 g/mol.